The molecule has 6 heteroatoms. The van der Waals surface area contributed by atoms with Gasteiger partial charge in [0.2, 0.25) is 5.95 Å². The number of aromatic nitrogens is 2. The van der Waals surface area contributed by atoms with Gasteiger partial charge >= 0.3 is 0 Å². The minimum atomic E-state index is -0.239. The Bertz CT molecular complexity index is 887. The van der Waals surface area contributed by atoms with Gasteiger partial charge in [-0.25, -0.2) is 9.37 Å². The lowest BCUT2D eigenvalue weighted by Gasteiger charge is -2.09. The molecule has 0 saturated carbocycles. The third kappa shape index (κ3) is 4.52. The average Bonchev–Trinajstić information content (AvgIpc) is 2.64. The van der Waals surface area contributed by atoms with Gasteiger partial charge in [-0.05, 0) is 42.3 Å². The molecule has 1 heterocycles. The Morgan fingerprint density at radius 1 is 1.04 bits per heavy atom. The fraction of sp³-hybridized carbons (Fsp3) is 0.105. The van der Waals surface area contributed by atoms with Crippen LogP contribution in [-0.4, -0.2) is 16.5 Å². The van der Waals surface area contributed by atoms with Crippen LogP contribution in [-0.2, 0) is 6.42 Å². The molecule has 0 saturated heterocycles. The monoisotopic (exact) mass is 333 g/mol. The van der Waals surface area contributed by atoms with Crippen molar-refractivity contribution in [3.8, 4) is 6.07 Å². The van der Waals surface area contributed by atoms with Gasteiger partial charge in [-0.1, -0.05) is 24.3 Å². The fourth-order valence-electron chi connectivity index (χ4n) is 2.31. The summed E-state index contributed by atoms with van der Waals surface area (Å²) < 4.78 is 12.9. The summed E-state index contributed by atoms with van der Waals surface area (Å²) in [5.74, 6) is 0.847. The van der Waals surface area contributed by atoms with Crippen molar-refractivity contribution in [1.29, 1.82) is 5.26 Å². The van der Waals surface area contributed by atoms with E-state index in [-0.39, 0.29) is 5.82 Å². The molecular formula is C19H16FN5. The highest BCUT2D eigenvalue weighted by Crippen LogP contribution is 2.19. The van der Waals surface area contributed by atoms with E-state index in [9.17, 15) is 4.39 Å². The fourth-order valence-corrected chi connectivity index (χ4v) is 2.31. The second-order valence-corrected chi connectivity index (χ2v) is 5.35. The number of hydrogen-bond acceptors (Lipinski definition) is 5. The average molecular weight is 333 g/mol. The standard InChI is InChI=1S/C19H16FN5/c20-16-7-5-14(6-8-16)9-11-22-19-23-12-10-18(25-19)24-17-4-2-1-3-15(17)13-21/h1-8,10,12H,9,11H2,(H2,22,23,24,25). The Morgan fingerprint density at radius 2 is 1.84 bits per heavy atom. The van der Waals surface area contributed by atoms with Gasteiger partial charge in [0, 0.05) is 12.7 Å². The van der Waals surface area contributed by atoms with E-state index in [1.165, 1.54) is 12.1 Å². The molecule has 1 aromatic heterocycles. The molecule has 0 aliphatic rings. The maximum Gasteiger partial charge on any atom is 0.224 e. The van der Waals surface area contributed by atoms with E-state index in [0.717, 1.165) is 12.0 Å². The van der Waals surface area contributed by atoms with Crippen LogP contribution in [0.3, 0.4) is 0 Å². The highest BCUT2D eigenvalue weighted by Gasteiger charge is 2.04. The third-order valence-electron chi connectivity index (χ3n) is 3.58. The van der Waals surface area contributed by atoms with Crippen molar-refractivity contribution in [2.75, 3.05) is 17.2 Å². The van der Waals surface area contributed by atoms with E-state index >= 15 is 0 Å². The van der Waals surface area contributed by atoms with E-state index < -0.39 is 0 Å². The predicted molar refractivity (Wildman–Crippen MR) is 95.1 cm³/mol. The predicted octanol–water partition coefficient (Wildman–Crippen LogP) is 3.89. The van der Waals surface area contributed by atoms with E-state index in [4.69, 9.17) is 5.26 Å². The van der Waals surface area contributed by atoms with E-state index in [1.807, 2.05) is 18.2 Å². The molecule has 2 aromatic carbocycles. The summed E-state index contributed by atoms with van der Waals surface area (Å²) in [5.41, 5.74) is 2.28. The highest BCUT2D eigenvalue weighted by atomic mass is 19.1. The van der Waals surface area contributed by atoms with Crippen LogP contribution >= 0.6 is 0 Å². The molecule has 3 rings (SSSR count). The zero-order valence-corrected chi connectivity index (χ0v) is 13.4. The van der Waals surface area contributed by atoms with Gasteiger partial charge in [0.05, 0.1) is 11.3 Å². The van der Waals surface area contributed by atoms with E-state index in [2.05, 4.69) is 26.7 Å². The van der Waals surface area contributed by atoms with Crippen LogP contribution in [0.1, 0.15) is 11.1 Å². The smallest absolute Gasteiger partial charge is 0.224 e. The summed E-state index contributed by atoms with van der Waals surface area (Å²) in [7, 11) is 0. The minimum absolute atomic E-state index is 0.239. The zero-order valence-electron chi connectivity index (χ0n) is 13.4. The zero-order chi connectivity index (χ0) is 17.5. The number of benzene rings is 2. The summed E-state index contributed by atoms with van der Waals surface area (Å²) in [4.78, 5) is 8.57. The van der Waals surface area contributed by atoms with Crippen molar-refractivity contribution in [3.63, 3.8) is 0 Å². The van der Waals surface area contributed by atoms with Crippen molar-refractivity contribution in [2.24, 2.45) is 0 Å². The maximum atomic E-state index is 12.9. The lowest BCUT2D eigenvalue weighted by atomic mass is 10.1. The molecular weight excluding hydrogens is 317 g/mol. The van der Waals surface area contributed by atoms with Gasteiger partial charge in [0.1, 0.15) is 17.7 Å². The van der Waals surface area contributed by atoms with Crippen LogP contribution in [0.2, 0.25) is 0 Å². The molecule has 3 aromatic rings. The van der Waals surface area contributed by atoms with Gasteiger partial charge < -0.3 is 10.6 Å². The Hall–Kier alpha value is -3.46. The van der Waals surface area contributed by atoms with Crippen molar-refractivity contribution in [1.82, 2.24) is 9.97 Å². The number of hydrogen-bond donors (Lipinski definition) is 2. The molecule has 0 fully saturated rings. The molecule has 0 atom stereocenters. The number of nitriles is 1. The Kier molecular flexibility index (Phi) is 5.17. The normalized spacial score (nSPS) is 10.1. The molecule has 0 bridgehead atoms. The molecule has 0 radical (unpaired) electrons. The minimum Gasteiger partial charge on any atom is -0.354 e. The first-order chi connectivity index (χ1) is 12.2. The second kappa shape index (κ2) is 7.88. The summed E-state index contributed by atoms with van der Waals surface area (Å²) in [5, 5.41) is 15.4. The van der Waals surface area contributed by atoms with Gasteiger partial charge in [-0.2, -0.15) is 10.2 Å². The first-order valence-electron chi connectivity index (χ1n) is 7.82. The van der Waals surface area contributed by atoms with Crippen LogP contribution in [0.5, 0.6) is 0 Å². The number of halogens is 1. The molecule has 25 heavy (non-hydrogen) atoms. The van der Waals surface area contributed by atoms with Crippen LogP contribution in [0, 0.1) is 17.1 Å². The topological polar surface area (TPSA) is 73.6 Å². The Morgan fingerprint density at radius 3 is 2.64 bits per heavy atom. The molecule has 0 unspecified atom stereocenters. The first kappa shape index (κ1) is 16.4. The van der Waals surface area contributed by atoms with E-state index in [1.54, 1.807) is 30.5 Å². The number of rotatable bonds is 6. The molecule has 0 amide bonds. The Labute approximate surface area is 145 Å². The molecule has 5 nitrogen and oxygen atoms in total. The molecule has 0 spiro atoms. The maximum absolute atomic E-state index is 12.9. The van der Waals surface area contributed by atoms with Crippen molar-refractivity contribution >= 4 is 17.5 Å². The number of anilines is 3. The number of nitrogens with one attached hydrogen (secondary N) is 2. The van der Waals surface area contributed by atoms with Crippen molar-refractivity contribution < 1.29 is 4.39 Å². The van der Waals surface area contributed by atoms with Gasteiger partial charge in [0.15, 0.2) is 0 Å². The number of para-hydroxylation sites is 1. The van der Waals surface area contributed by atoms with Crippen molar-refractivity contribution in [3.05, 3.63) is 77.7 Å². The molecule has 124 valence electrons. The largest absolute Gasteiger partial charge is 0.354 e. The SMILES string of the molecule is N#Cc1ccccc1Nc1ccnc(NCCc2ccc(F)cc2)n1. The van der Waals surface area contributed by atoms with E-state index in [0.29, 0.717) is 29.6 Å². The lowest BCUT2D eigenvalue weighted by molar-refractivity contribution is 0.627. The van der Waals surface area contributed by atoms with Gasteiger partial charge in [-0.3, -0.25) is 0 Å². The molecule has 0 aliphatic heterocycles. The molecule has 2 N–H and O–H groups in total. The quantitative estimate of drug-likeness (QED) is 0.716. The first-order valence-corrected chi connectivity index (χ1v) is 7.82. The summed E-state index contributed by atoms with van der Waals surface area (Å²) in [6.07, 6.45) is 2.38. The van der Waals surface area contributed by atoms with Gasteiger partial charge in [0.25, 0.3) is 0 Å². The summed E-state index contributed by atoms with van der Waals surface area (Å²) in [6, 6.07) is 17.5. The van der Waals surface area contributed by atoms with Crippen LogP contribution in [0.25, 0.3) is 0 Å². The second-order valence-electron chi connectivity index (χ2n) is 5.35. The van der Waals surface area contributed by atoms with Crippen molar-refractivity contribution in [2.45, 2.75) is 6.42 Å². The third-order valence-corrected chi connectivity index (χ3v) is 3.58. The highest BCUT2D eigenvalue weighted by molar-refractivity contribution is 5.64. The number of nitrogens with zero attached hydrogens (tertiary/aromatic N) is 3. The Balaban J connectivity index is 1.61. The summed E-state index contributed by atoms with van der Waals surface area (Å²) in [6.45, 7) is 0.629. The molecule has 0 aliphatic carbocycles. The van der Waals surface area contributed by atoms with Crippen LogP contribution < -0.4 is 10.6 Å². The van der Waals surface area contributed by atoms with Crippen LogP contribution in [0.15, 0.2) is 60.8 Å². The summed E-state index contributed by atoms with van der Waals surface area (Å²) >= 11 is 0. The van der Waals surface area contributed by atoms with Crippen LogP contribution in [0.4, 0.5) is 21.8 Å². The lowest BCUT2D eigenvalue weighted by Crippen LogP contribution is -2.08. The van der Waals surface area contributed by atoms with Gasteiger partial charge in [-0.15, -0.1) is 0 Å².